The number of pyridine rings is 1. The van der Waals surface area contributed by atoms with Crippen LogP contribution in [-0.4, -0.2) is 14.7 Å². The van der Waals surface area contributed by atoms with Crippen LogP contribution in [0, 0.1) is 20.8 Å². The minimum atomic E-state index is -0.0198. The molecule has 84 valence electrons. The van der Waals surface area contributed by atoms with Gasteiger partial charge in [-0.15, -0.1) is 0 Å². The maximum atomic E-state index is 9.15. The number of aryl methyl sites for hydroxylation is 3. The van der Waals surface area contributed by atoms with E-state index < -0.39 is 0 Å². The molecule has 0 unspecified atom stereocenters. The van der Waals surface area contributed by atoms with Crippen molar-refractivity contribution in [3.05, 3.63) is 46.9 Å². The molecule has 2 aromatic heterocycles. The Kier molecular flexibility index (Phi) is 2.79. The zero-order chi connectivity index (χ0) is 11.7. The molecule has 0 bridgehead atoms. The fourth-order valence-electron chi connectivity index (χ4n) is 1.95. The molecule has 0 saturated carbocycles. The van der Waals surface area contributed by atoms with E-state index in [-0.39, 0.29) is 6.61 Å². The molecule has 0 fully saturated rings. The van der Waals surface area contributed by atoms with Crippen molar-refractivity contribution in [3.8, 4) is 5.82 Å². The van der Waals surface area contributed by atoms with Crippen molar-refractivity contribution >= 4 is 0 Å². The van der Waals surface area contributed by atoms with Crippen LogP contribution in [0.3, 0.4) is 0 Å². The zero-order valence-corrected chi connectivity index (χ0v) is 9.86. The van der Waals surface area contributed by atoms with Gasteiger partial charge in [0.2, 0.25) is 0 Å². The Balaban J connectivity index is 2.60. The van der Waals surface area contributed by atoms with E-state index in [0.717, 1.165) is 22.8 Å². The molecule has 0 amide bonds. The second-order valence-corrected chi connectivity index (χ2v) is 4.10. The Morgan fingerprint density at radius 1 is 1.12 bits per heavy atom. The normalized spacial score (nSPS) is 10.8. The highest BCUT2D eigenvalue weighted by Crippen LogP contribution is 2.16. The summed E-state index contributed by atoms with van der Waals surface area (Å²) < 4.78 is 2.09. The third-order valence-electron chi connectivity index (χ3n) is 2.67. The van der Waals surface area contributed by atoms with Crippen molar-refractivity contribution in [1.29, 1.82) is 0 Å². The summed E-state index contributed by atoms with van der Waals surface area (Å²) in [5.41, 5.74) is 4.13. The molecule has 3 heteroatoms. The molecule has 2 rings (SSSR count). The molecule has 0 saturated heterocycles. The fourth-order valence-corrected chi connectivity index (χ4v) is 1.95. The number of aromatic nitrogens is 2. The molecule has 0 aliphatic heterocycles. The lowest BCUT2D eigenvalue weighted by Crippen LogP contribution is -2.04. The van der Waals surface area contributed by atoms with Crippen molar-refractivity contribution in [1.82, 2.24) is 9.55 Å². The first-order valence-corrected chi connectivity index (χ1v) is 5.35. The van der Waals surface area contributed by atoms with Crippen molar-refractivity contribution in [2.45, 2.75) is 27.4 Å². The Hall–Kier alpha value is -1.61. The van der Waals surface area contributed by atoms with Gasteiger partial charge in [-0.3, -0.25) is 0 Å². The number of aliphatic hydroxyl groups excluding tert-OH is 1. The van der Waals surface area contributed by atoms with Gasteiger partial charge in [-0.05, 0) is 50.6 Å². The largest absolute Gasteiger partial charge is 0.390 e. The summed E-state index contributed by atoms with van der Waals surface area (Å²) in [6, 6.07) is 8.06. The average Bonchev–Trinajstić information content (AvgIpc) is 2.57. The van der Waals surface area contributed by atoms with Crippen LogP contribution in [0.25, 0.3) is 5.82 Å². The standard InChI is InChI=1S/C13H16N2O/c1-9-6-12(8-16)14-13(7-9)15-10(2)4-5-11(15)3/h4-7,16H,8H2,1-3H3. The average molecular weight is 216 g/mol. The van der Waals surface area contributed by atoms with Gasteiger partial charge in [0, 0.05) is 11.4 Å². The third kappa shape index (κ3) is 1.86. The predicted molar refractivity (Wildman–Crippen MR) is 63.7 cm³/mol. The molecule has 3 nitrogen and oxygen atoms in total. The smallest absolute Gasteiger partial charge is 0.137 e. The summed E-state index contributed by atoms with van der Waals surface area (Å²) in [7, 11) is 0. The highest BCUT2D eigenvalue weighted by atomic mass is 16.3. The van der Waals surface area contributed by atoms with E-state index in [4.69, 9.17) is 5.11 Å². The van der Waals surface area contributed by atoms with E-state index in [1.807, 2.05) is 19.1 Å². The molecular formula is C13H16N2O. The van der Waals surface area contributed by atoms with Gasteiger partial charge in [-0.25, -0.2) is 4.98 Å². The quantitative estimate of drug-likeness (QED) is 0.836. The van der Waals surface area contributed by atoms with Crippen LogP contribution in [0.1, 0.15) is 22.6 Å². The first-order chi connectivity index (χ1) is 7.61. The monoisotopic (exact) mass is 216 g/mol. The van der Waals surface area contributed by atoms with Gasteiger partial charge in [0.05, 0.1) is 12.3 Å². The SMILES string of the molecule is Cc1cc(CO)nc(-n2c(C)ccc2C)c1. The van der Waals surface area contributed by atoms with Crippen LogP contribution in [0.15, 0.2) is 24.3 Å². The van der Waals surface area contributed by atoms with E-state index in [0.29, 0.717) is 5.69 Å². The molecule has 0 aromatic carbocycles. The molecule has 0 aliphatic carbocycles. The Morgan fingerprint density at radius 3 is 2.31 bits per heavy atom. The van der Waals surface area contributed by atoms with Gasteiger partial charge in [0.1, 0.15) is 5.82 Å². The highest BCUT2D eigenvalue weighted by molar-refractivity contribution is 5.35. The van der Waals surface area contributed by atoms with Crippen molar-refractivity contribution in [3.63, 3.8) is 0 Å². The number of aliphatic hydroxyl groups is 1. The lowest BCUT2D eigenvalue weighted by Gasteiger charge is -2.10. The van der Waals surface area contributed by atoms with E-state index in [1.165, 1.54) is 0 Å². The first kappa shape index (κ1) is 10.9. The van der Waals surface area contributed by atoms with Crippen LogP contribution in [0.2, 0.25) is 0 Å². The molecule has 0 atom stereocenters. The summed E-state index contributed by atoms with van der Waals surface area (Å²) in [4.78, 5) is 4.43. The molecule has 0 aliphatic rings. The molecular weight excluding hydrogens is 200 g/mol. The second-order valence-electron chi connectivity index (χ2n) is 4.10. The van der Waals surface area contributed by atoms with E-state index >= 15 is 0 Å². The maximum Gasteiger partial charge on any atom is 0.137 e. The topological polar surface area (TPSA) is 38.1 Å². The number of hydrogen-bond acceptors (Lipinski definition) is 2. The van der Waals surface area contributed by atoms with Crippen LogP contribution in [0.4, 0.5) is 0 Å². The van der Waals surface area contributed by atoms with Crippen LogP contribution in [0.5, 0.6) is 0 Å². The summed E-state index contributed by atoms with van der Waals surface area (Å²) >= 11 is 0. The van der Waals surface area contributed by atoms with Crippen molar-refractivity contribution < 1.29 is 5.11 Å². The molecule has 0 spiro atoms. The van der Waals surface area contributed by atoms with Crippen LogP contribution in [-0.2, 0) is 6.61 Å². The molecule has 1 N–H and O–H groups in total. The highest BCUT2D eigenvalue weighted by Gasteiger charge is 2.06. The van der Waals surface area contributed by atoms with Gasteiger partial charge in [-0.1, -0.05) is 0 Å². The summed E-state index contributed by atoms with van der Waals surface area (Å²) in [5, 5.41) is 9.15. The van der Waals surface area contributed by atoms with Gasteiger partial charge in [-0.2, -0.15) is 0 Å². The number of nitrogens with zero attached hydrogens (tertiary/aromatic N) is 2. The Labute approximate surface area is 95.4 Å². The third-order valence-corrected chi connectivity index (χ3v) is 2.67. The van der Waals surface area contributed by atoms with Gasteiger partial charge in [0.25, 0.3) is 0 Å². The Morgan fingerprint density at radius 2 is 1.75 bits per heavy atom. The lowest BCUT2D eigenvalue weighted by atomic mass is 10.2. The van der Waals surface area contributed by atoms with Crippen molar-refractivity contribution in [2.75, 3.05) is 0 Å². The van der Waals surface area contributed by atoms with Crippen LogP contribution < -0.4 is 0 Å². The number of rotatable bonds is 2. The summed E-state index contributed by atoms with van der Waals surface area (Å²) in [6.07, 6.45) is 0. The lowest BCUT2D eigenvalue weighted by molar-refractivity contribution is 0.276. The maximum absolute atomic E-state index is 9.15. The van der Waals surface area contributed by atoms with Gasteiger partial charge < -0.3 is 9.67 Å². The fraction of sp³-hybridized carbons (Fsp3) is 0.308. The van der Waals surface area contributed by atoms with Gasteiger partial charge >= 0.3 is 0 Å². The van der Waals surface area contributed by atoms with E-state index in [2.05, 4.69) is 35.5 Å². The molecule has 16 heavy (non-hydrogen) atoms. The summed E-state index contributed by atoms with van der Waals surface area (Å²) in [5.74, 6) is 0.879. The zero-order valence-electron chi connectivity index (χ0n) is 9.86. The Bertz CT molecular complexity index is 495. The predicted octanol–water partition coefficient (Wildman–Crippen LogP) is 2.29. The minimum absolute atomic E-state index is 0.0198. The minimum Gasteiger partial charge on any atom is -0.390 e. The van der Waals surface area contributed by atoms with E-state index in [1.54, 1.807) is 0 Å². The van der Waals surface area contributed by atoms with E-state index in [9.17, 15) is 0 Å². The second kappa shape index (κ2) is 4.10. The van der Waals surface area contributed by atoms with Crippen molar-refractivity contribution in [2.24, 2.45) is 0 Å². The molecule has 2 aromatic rings. The summed E-state index contributed by atoms with van der Waals surface area (Å²) in [6.45, 7) is 6.10. The number of hydrogen-bond donors (Lipinski definition) is 1. The first-order valence-electron chi connectivity index (χ1n) is 5.35. The molecule has 2 heterocycles. The van der Waals surface area contributed by atoms with Gasteiger partial charge in [0.15, 0.2) is 0 Å². The molecule has 0 radical (unpaired) electrons. The van der Waals surface area contributed by atoms with Crippen LogP contribution >= 0.6 is 0 Å².